The van der Waals surface area contributed by atoms with Crippen LogP contribution in [0.2, 0.25) is 0 Å². The van der Waals surface area contributed by atoms with Crippen LogP contribution in [0.15, 0.2) is 30.8 Å². The molecule has 0 unspecified atom stereocenters. The van der Waals surface area contributed by atoms with E-state index in [1.54, 1.807) is 12.1 Å². The van der Waals surface area contributed by atoms with Gasteiger partial charge in [-0.1, -0.05) is 43.9 Å². The molecular weight excluding hydrogens is 187 g/mol. The van der Waals surface area contributed by atoms with Crippen molar-refractivity contribution in [2.24, 2.45) is 0 Å². The number of benzene rings is 1. The maximum absolute atomic E-state index is 12.6. The summed E-state index contributed by atoms with van der Waals surface area (Å²) in [6, 6.07) is 6.25. The fraction of sp³-hybridized carbons (Fsp3) is 0.286. The van der Waals surface area contributed by atoms with E-state index in [9.17, 15) is 4.39 Å². The van der Waals surface area contributed by atoms with Crippen molar-refractivity contribution in [1.82, 2.24) is 0 Å². The first kappa shape index (κ1) is 11.5. The van der Waals surface area contributed by atoms with E-state index >= 15 is 0 Å². The molecule has 0 nitrogen and oxygen atoms in total. The molecule has 78 valence electrons. The molecule has 0 aliphatic heterocycles. The fourth-order valence-electron chi connectivity index (χ4n) is 1.16. The highest BCUT2D eigenvalue weighted by Crippen LogP contribution is 2.11. The number of halogens is 1. The summed E-state index contributed by atoms with van der Waals surface area (Å²) in [6.07, 6.45) is 3.16. The van der Waals surface area contributed by atoms with Crippen LogP contribution in [0.5, 0.6) is 0 Å². The maximum atomic E-state index is 12.6. The van der Waals surface area contributed by atoms with Crippen molar-refractivity contribution in [2.75, 3.05) is 0 Å². The normalized spacial score (nSPS) is 9.20. The van der Waals surface area contributed by atoms with Crippen LogP contribution < -0.4 is 0 Å². The van der Waals surface area contributed by atoms with Crippen molar-refractivity contribution in [1.29, 1.82) is 0 Å². The molecule has 15 heavy (non-hydrogen) atoms. The number of hydrogen-bond donors (Lipinski definition) is 0. The largest absolute Gasteiger partial charge is 0.207 e. The quantitative estimate of drug-likeness (QED) is 0.512. The van der Waals surface area contributed by atoms with E-state index in [1.807, 2.05) is 0 Å². The predicted molar refractivity (Wildman–Crippen MR) is 62.7 cm³/mol. The molecule has 1 heteroatoms. The number of unbranched alkanes of at least 4 members (excludes halogenated alkanes) is 2. The van der Waals surface area contributed by atoms with E-state index in [-0.39, 0.29) is 5.82 Å². The van der Waals surface area contributed by atoms with Gasteiger partial charge in [0.05, 0.1) is 0 Å². The van der Waals surface area contributed by atoms with Gasteiger partial charge in [0.25, 0.3) is 0 Å². The number of hydrogen-bond acceptors (Lipinski definition) is 0. The topological polar surface area (TPSA) is 0 Å². The molecule has 0 N–H and O–H groups in total. The smallest absolute Gasteiger partial charge is 0.123 e. The van der Waals surface area contributed by atoms with Gasteiger partial charge in [-0.2, -0.15) is 0 Å². The van der Waals surface area contributed by atoms with Gasteiger partial charge in [-0.15, -0.1) is 0 Å². The molecule has 0 saturated heterocycles. The number of rotatable bonds is 3. The molecule has 0 fully saturated rings. The van der Waals surface area contributed by atoms with Crippen LogP contribution in [0, 0.1) is 17.7 Å². The Morgan fingerprint density at radius 2 is 2.00 bits per heavy atom. The van der Waals surface area contributed by atoms with Gasteiger partial charge in [0.2, 0.25) is 0 Å². The van der Waals surface area contributed by atoms with Crippen LogP contribution >= 0.6 is 0 Å². The monoisotopic (exact) mass is 202 g/mol. The van der Waals surface area contributed by atoms with E-state index in [0.717, 1.165) is 30.4 Å². The second kappa shape index (κ2) is 6.03. The van der Waals surface area contributed by atoms with Gasteiger partial charge in [-0.25, -0.2) is 4.39 Å². The number of allylic oxidation sites excluding steroid dienone is 1. The lowest BCUT2D eigenvalue weighted by Crippen LogP contribution is -1.80. The van der Waals surface area contributed by atoms with Gasteiger partial charge < -0.3 is 0 Å². The molecule has 1 rings (SSSR count). The van der Waals surface area contributed by atoms with Crippen molar-refractivity contribution in [3.05, 3.63) is 42.2 Å². The SMILES string of the molecule is C=C(C#CCCCC)c1ccc(F)cc1. The summed E-state index contributed by atoms with van der Waals surface area (Å²) in [6.45, 7) is 5.99. The Balaban J connectivity index is 2.60. The lowest BCUT2D eigenvalue weighted by molar-refractivity contribution is 0.627. The third-order valence-corrected chi connectivity index (χ3v) is 2.09. The molecule has 0 amide bonds. The highest BCUT2D eigenvalue weighted by molar-refractivity contribution is 5.76. The summed E-state index contributed by atoms with van der Waals surface area (Å²) >= 11 is 0. The van der Waals surface area contributed by atoms with Gasteiger partial charge in [-0.05, 0) is 24.1 Å². The third kappa shape index (κ3) is 3.99. The Morgan fingerprint density at radius 3 is 2.60 bits per heavy atom. The molecule has 1 aromatic carbocycles. The minimum Gasteiger partial charge on any atom is -0.207 e. The Labute approximate surface area is 90.8 Å². The maximum Gasteiger partial charge on any atom is 0.123 e. The molecule has 0 atom stereocenters. The average molecular weight is 202 g/mol. The van der Waals surface area contributed by atoms with Crippen molar-refractivity contribution < 1.29 is 4.39 Å². The van der Waals surface area contributed by atoms with Gasteiger partial charge in [0, 0.05) is 12.0 Å². The summed E-state index contributed by atoms with van der Waals surface area (Å²) in [5.41, 5.74) is 1.64. The molecule has 0 saturated carbocycles. The zero-order valence-electron chi connectivity index (χ0n) is 9.02. The van der Waals surface area contributed by atoms with E-state index in [4.69, 9.17) is 0 Å². The molecule has 0 aromatic heterocycles. The van der Waals surface area contributed by atoms with Gasteiger partial charge >= 0.3 is 0 Å². The fourth-order valence-corrected chi connectivity index (χ4v) is 1.16. The van der Waals surface area contributed by atoms with Crippen LogP contribution in [-0.4, -0.2) is 0 Å². The van der Waals surface area contributed by atoms with Gasteiger partial charge in [-0.3, -0.25) is 0 Å². The van der Waals surface area contributed by atoms with Crippen LogP contribution in [0.3, 0.4) is 0 Å². The second-order valence-corrected chi connectivity index (χ2v) is 3.39. The molecule has 0 radical (unpaired) electrons. The zero-order chi connectivity index (χ0) is 11.1. The zero-order valence-corrected chi connectivity index (χ0v) is 9.02. The summed E-state index contributed by atoms with van der Waals surface area (Å²) in [5.74, 6) is 5.81. The minimum absolute atomic E-state index is 0.231. The molecule has 0 heterocycles. The Hall–Kier alpha value is -1.55. The minimum atomic E-state index is -0.231. The highest BCUT2D eigenvalue weighted by atomic mass is 19.1. The van der Waals surface area contributed by atoms with Crippen molar-refractivity contribution in [3.63, 3.8) is 0 Å². The molecule has 0 bridgehead atoms. The van der Waals surface area contributed by atoms with Gasteiger partial charge in [0.15, 0.2) is 0 Å². The summed E-state index contributed by atoms with van der Waals surface area (Å²) in [7, 11) is 0. The average Bonchev–Trinajstić information content (AvgIpc) is 2.25. The lowest BCUT2D eigenvalue weighted by atomic mass is 10.1. The predicted octanol–water partition coefficient (Wildman–Crippen LogP) is 4.03. The van der Waals surface area contributed by atoms with Gasteiger partial charge in [0.1, 0.15) is 5.82 Å². The second-order valence-electron chi connectivity index (χ2n) is 3.39. The standard InChI is InChI=1S/C14H15F/c1-3-4-5-6-7-12(2)13-8-10-14(15)11-9-13/h8-11H,2-5H2,1H3. The van der Waals surface area contributed by atoms with Crippen LogP contribution in [0.1, 0.15) is 31.7 Å². The third-order valence-electron chi connectivity index (χ3n) is 2.09. The van der Waals surface area contributed by atoms with Crippen LogP contribution in [0.4, 0.5) is 4.39 Å². The first-order valence-electron chi connectivity index (χ1n) is 5.17. The Morgan fingerprint density at radius 1 is 1.33 bits per heavy atom. The van der Waals surface area contributed by atoms with Crippen molar-refractivity contribution in [3.8, 4) is 11.8 Å². The highest BCUT2D eigenvalue weighted by Gasteiger charge is 1.94. The van der Waals surface area contributed by atoms with Crippen molar-refractivity contribution >= 4 is 5.57 Å². The first-order valence-corrected chi connectivity index (χ1v) is 5.17. The van der Waals surface area contributed by atoms with Crippen LogP contribution in [-0.2, 0) is 0 Å². The van der Waals surface area contributed by atoms with E-state index < -0.39 is 0 Å². The van der Waals surface area contributed by atoms with E-state index in [1.165, 1.54) is 12.1 Å². The molecular formula is C14H15F. The van der Waals surface area contributed by atoms with E-state index in [0.29, 0.717) is 0 Å². The Bertz CT molecular complexity index is 376. The first-order chi connectivity index (χ1) is 7.24. The summed E-state index contributed by atoms with van der Waals surface area (Å²) in [4.78, 5) is 0. The van der Waals surface area contributed by atoms with Crippen LogP contribution in [0.25, 0.3) is 5.57 Å². The molecule has 0 aliphatic rings. The summed E-state index contributed by atoms with van der Waals surface area (Å²) in [5, 5.41) is 0. The molecule has 0 aliphatic carbocycles. The lowest BCUT2D eigenvalue weighted by Gasteiger charge is -1.96. The molecule has 0 spiro atoms. The van der Waals surface area contributed by atoms with E-state index in [2.05, 4.69) is 25.3 Å². The Kier molecular flexibility index (Phi) is 4.63. The molecule has 1 aromatic rings. The van der Waals surface area contributed by atoms with Crippen molar-refractivity contribution in [2.45, 2.75) is 26.2 Å². The summed E-state index contributed by atoms with van der Waals surface area (Å²) < 4.78 is 12.6.